The maximum Gasteiger partial charge on any atom is 0.257 e. The standard InChI is InChI=1S/C11H10Cl2N4OS/c1-6-8(19-5-14-6)4-17(2)11(18)7-3-9(12)15-16-10(7)13/h3,5H,4H2,1-2H3. The fraction of sp³-hybridized carbons (Fsp3) is 0.273. The molecule has 1 amide bonds. The fourth-order valence-electron chi connectivity index (χ4n) is 1.47. The number of carbonyl (C=O) groups is 1. The van der Waals surface area contributed by atoms with Gasteiger partial charge >= 0.3 is 0 Å². The van der Waals surface area contributed by atoms with Gasteiger partial charge in [0.15, 0.2) is 10.3 Å². The number of carbonyl (C=O) groups excluding carboxylic acids is 1. The first kappa shape index (κ1) is 14.2. The molecule has 0 aromatic carbocycles. The zero-order valence-corrected chi connectivity index (χ0v) is 12.6. The lowest BCUT2D eigenvalue weighted by atomic mass is 10.2. The molecule has 0 saturated heterocycles. The quantitative estimate of drug-likeness (QED) is 0.873. The van der Waals surface area contributed by atoms with Gasteiger partial charge < -0.3 is 4.90 Å². The summed E-state index contributed by atoms with van der Waals surface area (Å²) in [5.74, 6) is -0.255. The number of rotatable bonds is 3. The largest absolute Gasteiger partial charge is 0.336 e. The molecule has 5 nitrogen and oxygen atoms in total. The zero-order chi connectivity index (χ0) is 14.0. The average molecular weight is 317 g/mol. The number of thiazole rings is 1. The van der Waals surface area contributed by atoms with Crippen molar-refractivity contribution in [3.63, 3.8) is 0 Å². The number of nitrogens with zero attached hydrogens (tertiary/aromatic N) is 4. The molecule has 0 spiro atoms. The summed E-state index contributed by atoms with van der Waals surface area (Å²) < 4.78 is 0. The Morgan fingerprint density at radius 3 is 2.79 bits per heavy atom. The molecular weight excluding hydrogens is 307 g/mol. The molecule has 100 valence electrons. The number of amides is 1. The van der Waals surface area contributed by atoms with E-state index >= 15 is 0 Å². The highest BCUT2D eigenvalue weighted by atomic mass is 35.5. The van der Waals surface area contributed by atoms with E-state index in [2.05, 4.69) is 15.2 Å². The van der Waals surface area contributed by atoms with Crippen molar-refractivity contribution in [3.05, 3.63) is 38.0 Å². The van der Waals surface area contributed by atoms with E-state index in [1.807, 2.05) is 6.92 Å². The Labute approximate surface area is 124 Å². The van der Waals surface area contributed by atoms with Crippen LogP contribution in [-0.4, -0.2) is 33.0 Å². The molecular formula is C11H10Cl2N4OS. The summed E-state index contributed by atoms with van der Waals surface area (Å²) in [7, 11) is 1.69. The molecule has 0 atom stereocenters. The highest BCUT2D eigenvalue weighted by molar-refractivity contribution is 7.09. The molecule has 0 N–H and O–H groups in total. The Balaban J connectivity index is 2.19. The van der Waals surface area contributed by atoms with Crippen molar-refractivity contribution in [2.45, 2.75) is 13.5 Å². The van der Waals surface area contributed by atoms with Gasteiger partial charge in [0, 0.05) is 11.9 Å². The maximum atomic E-state index is 12.3. The summed E-state index contributed by atoms with van der Waals surface area (Å²) in [6, 6.07) is 1.41. The summed E-state index contributed by atoms with van der Waals surface area (Å²) >= 11 is 13.1. The van der Waals surface area contributed by atoms with Crippen LogP contribution in [0.15, 0.2) is 11.6 Å². The van der Waals surface area contributed by atoms with Crippen LogP contribution >= 0.6 is 34.5 Å². The molecule has 2 aromatic rings. The Kier molecular flexibility index (Phi) is 4.34. The van der Waals surface area contributed by atoms with Gasteiger partial charge in [0.25, 0.3) is 5.91 Å². The molecule has 8 heteroatoms. The molecule has 0 bridgehead atoms. The van der Waals surface area contributed by atoms with Crippen molar-refractivity contribution in [3.8, 4) is 0 Å². The van der Waals surface area contributed by atoms with E-state index in [9.17, 15) is 4.79 Å². The topological polar surface area (TPSA) is 59.0 Å². The first-order valence-corrected chi connectivity index (χ1v) is 6.95. The monoisotopic (exact) mass is 316 g/mol. The van der Waals surface area contributed by atoms with Crippen molar-refractivity contribution in [1.29, 1.82) is 0 Å². The number of hydrogen-bond donors (Lipinski definition) is 0. The Morgan fingerprint density at radius 1 is 1.42 bits per heavy atom. The minimum atomic E-state index is -0.255. The normalized spacial score (nSPS) is 10.5. The number of aryl methyl sites for hydroxylation is 1. The minimum absolute atomic E-state index is 0.0438. The summed E-state index contributed by atoms with van der Waals surface area (Å²) in [5.41, 5.74) is 2.91. The second-order valence-electron chi connectivity index (χ2n) is 3.89. The van der Waals surface area contributed by atoms with Crippen LogP contribution in [0.25, 0.3) is 0 Å². The average Bonchev–Trinajstić information content (AvgIpc) is 2.77. The number of halogens is 2. The van der Waals surface area contributed by atoms with Gasteiger partial charge in [-0.25, -0.2) is 4.98 Å². The van der Waals surface area contributed by atoms with Gasteiger partial charge in [-0.2, -0.15) is 0 Å². The van der Waals surface area contributed by atoms with Crippen molar-refractivity contribution in [2.75, 3.05) is 7.05 Å². The van der Waals surface area contributed by atoms with Crippen LogP contribution in [0.5, 0.6) is 0 Å². The van der Waals surface area contributed by atoms with E-state index in [-0.39, 0.29) is 21.8 Å². The van der Waals surface area contributed by atoms with Gasteiger partial charge in [-0.1, -0.05) is 23.2 Å². The van der Waals surface area contributed by atoms with Crippen molar-refractivity contribution >= 4 is 40.4 Å². The third-order valence-electron chi connectivity index (χ3n) is 2.52. The molecule has 19 heavy (non-hydrogen) atoms. The maximum absolute atomic E-state index is 12.3. The predicted octanol–water partition coefficient (Wildman–Crippen LogP) is 2.82. The molecule has 0 aliphatic heterocycles. The van der Waals surface area contributed by atoms with E-state index in [0.717, 1.165) is 10.6 Å². The lowest BCUT2D eigenvalue weighted by Gasteiger charge is -2.16. The highest BCUT2D eigenvalue weighted by Crippen LogP contribution is 2.20. The fourth-order valence-corrected chi connectivity index (χ4v) is 2.62. The second-order valence-corrected chi connectivity index (χ2v) is 5.58. The van der Waals surface area contributed by atoms with Crippen LogP contribution in [-0.2, 0) is 6.54 Å². The minimum Gasteiger partial charge on any atom is -0.336 e. The lowest BCUT2D eigenvalue weighted by Crippen LogP contribution is -2.26. The SMILES string of the molecule is Cc1ncsc1CN(C)C(=O)c1cc(Cl)nnc1Cl. The molecule has 0 aliphatic rings. The van der Waals surface area contributed by atoms with E-state index < -0.39 is 0 Å². The Morgan fingerprint density at radius 2 is 2.16 bits per heavy atom. The Hall–Kier alpha value is -1.24. The van der Waals surface area contributed by atoms with Crippen LogP contribution in [0, 0.1) is 6.92 Å². The van der Waals surface area contributed by atoms with Gasteiger partial charge in [0.05, 0.1) is 23.3 Å². The zero-order valence-electron chi connectivity index (χ0n) is 10.2. The molecule has 2 rings (SSSR count). The first-order chi connectivity index (χ1) is 8.99. The summed E-state index contributed by atoms with van der Waals surface area (Å²) in [5, 5.41) is 7.38. The molecule has 2 aromatic heterocycles. The van der Waals surface area contributed by atoms with E-state index in [4.69, 9.17) is 23.2 Å². The van der Waals surface area contributed by atoms with Gasteiger partial charge in [-0.05, 0) is 13.0 Å². The van der Waals surface area contributed by atoms with Crippen LogP contribution in [0.2, 0.25) is 10.3 Å². The van der Waals surface area contributed by atoms with E-state index in [1.54, 1.807) is 17.5 Å². The van der Waals surface area contributed by atoms with Gasteiger partial charge in [-0.15, -0.1) is 21.5 Å². The summed E-state index contributed by atoms with van der Waals surface area (Å²) in [6.07, 6.45) is 0. The van der Waals surface area contributed by atoms with Crippen molar-refractivity contribution in [2.24, 2.45) is 0 Å². The highest BCUT2D eigenvalue weighted by Gasteiger charge is 2.18. The lowest BCUT2D eigenvalue weighted by molar-refractivity contribution is 0.0786. The molecule has 2 heterocycles. The van der Waals surface area contributed by atoms with Crippen LogP contribution in [0.4, 0.5) is 0 Å². The van der Waals surface area contributed by atoms with Crippen molar-refractivity contribution in [1.82, 2.24) is 20.1 Å². The van der Waals surface area contributed by atoms with Gasteiger partial charge in [-0.3, -0.25) is 4.79 Å². The number of aromatic nitrogens is 3. The van der Waals surface area contributed by atoms with E-state index in [0.29, 0.717) is 6.54 Å². The van der Waals surface area contributed by atoms with E-state index in [1.165, 1.54) is 17.4 Å². The predicted molar refractivity (Wildman–Crippen MR) is 74.7 cm³/mol. The molecule has 0 aliphatic carbocycles. The van der Waals surface area contributed by atoms with Crippen LogP contribution in [0.3, 0.4) is 0 Å². The van der Waals surface area contributed by atoms with Gasteiger partial charge in [0.1, 0.15) is 0 Å². The summed E-state index contributed by atoms with van der Waals surface area (Å²) in [4.78, 5) is 19.0. The summed E-state index contributed by atoms with van der Waals surface area (Å²) in [6.45, 7) is 2.37. The van der Waals surface area contributed by atoms with Crippen LogP contribution in [0.1, 0.15) is 20.9 Å². The Bertz CT molecular complexity index is 616. The third-order valence-corrected chi connectivity index (χ3v) is 3.91. The first-order valence-electron chi connectivity index (χ1n) is 5.32. The molecule has 0 saturated carbocycles. The molecule has 0 fully saturated rings. The second kappa shape index (κ2) is 5.81. The molecule has 0 unspecified atom stereocenters. The smallest absolute Gasteiger partial charge is 0.257 e. The van der Waals surface area contributed by atoms with Crippen LogP contribution < -0.4 is 0 Å². The third kappa shape index (κ3) is 3.20. The number of hydrogen-bond acceptors (Lipinski definition) is 5. The van der Waals surface area contributed by atoms with Gasteiger partial charge in [0.2, 0.25) is 0 Å². The molecule has 0 radical (unpaired) electrons. The van der Waals surface area contributed by atoms with Crippen molar-refractivity contribution < 1.29 is 4.79 Å².